The van der Waals surface area contributed by atoms with Gasteiger partial charge in [-0.1, -0.05) is 42.0 Å². The smallest absolute Gasteiger partial charge is 0.294 e. The predicted molar refractivity (Wildman–Crippen MR) is 139 cm³/mol. The van der Waals surface area contributed by atoms with E-state index in [1.54, 1.807) is 42.5 Å². The van der Waals surface area contributed by atoms with Gasteiger partial charge in [-0.2, -0.15) is 0 Å². The molecule has 0 saturated carbocycles. The fourth-order valence-electron chi connectivity index (χ4n) is 3.93. The summed E-state index contributed by atoms with van der Waals surface area (Å²) in [7, 11) is 0. The predicted octanol–water partition coefficient (Wildman–Crippen LogP) is 6.00. The van der Waals surface area contributed by atoms with Crippen LogP contribution in [0.4, 0.5) is 14.9 Å². The number of rotatable bonds is 7. The number of thioether (sulfide) groups is 1. The highest BCUT2D eigenvalue weighted by molar-refractivity contribution is 8.18. The van der Waals surface area contributed by atoms with Crippen molar-refractivity contribution in [2.45, 2.75) is 27.4 Å². The number of aryl methyl sites for hydroxylation is 3. The number of imide groups is 1. The first-order chi connectivity index (χ1) is 17.2. The van der Waals surface area contributed by atoms with Crippen LogP contribution in [0.1, 0.15) is 27.8 Å². The van der Waals surface area contributed by atoms with Crippen LogP contribution >= 0.6 is 11.8 Å². The summed E-state index contributed by atoms with van der Waals surface area (Å²) in [5.74, 6) is -0.706. The molecule has 3 aromatic carbocycles. The maximum absolute atomic E-state index is 13.1. The number of benzene rings is 3. The van der Waals surface area contributed by atoms with Gasteiger partial charge in [-0.25, -0.2) is 4.39 Å². The normalized spacial score (nSPS) is 14.4. The Morgan fingerprint density at radius 1 is 1.03 bits per heavy atom. The monoisotopic (exact) mass is 504 g/mol. The Kier molecular flexibility index (Phi) is 7.55. The standard InChI is InChI=1S/C28H25FN2O4S/c1-17-11-18(2)26(19(3)12-17)30-25(32)15-31-27(33)24(36-28(31)34)14-21-5-4-6-23(13-21)35-16-20-7-9-22(29)10-8-20/h4-14H,15-16H2,1-3H3,(H,30,32)/b24-14+. The number of carbonyl (C=O) groups excluding carboxylic acids is 3. The van der Waals surface area contributed by atoms with Crippen molar-refractivity contribution >= 4 is 40.6 Å². The van der Waals surface area contributed by atoms with Crippen molar-refractivity contribution < 1.29 is 23.5 Å². The quantitative estimate of drug-likeness (QED) is 0.399. The summed E-state index contributed by atoms with van der Waals surface area (Å²) in [6.45, 7) is 5.67. The first kappa shape index (κ1) is 25.2. The fourth-order valence-corrected chi connectivity index (χ4v) is 4.77. The lowest BCUT2D eigenvalue weighted by Gasteiger charge is -2.15. The SMILES string of the molecule is Cc1cc(C)c(NC(=O)CN2C(=O)S/C(=C/c3cccc(OCc4ccc(F)cc4)c3)C2=O)c(C)c1. The molecule has 36 heavy (non-hydrogen) atoms. The van der Waals surface area contributed by atoms with Crippen molar-refractivity contribution in [3.05, 3.63) is 99.2 Å². The van der Waals surface area contributed by atoms with Gasteiger partial charge < -0.3 is 10.1 Å². The molecule has 0 unspecified atom stereocenters. The second-order valence-corrected chi connectivity index (χ2v) is 9.57. The number of halogens is 1. The number of hydrogen-bond acceptors (Lipinski definition) is 5. The van der Waals surface area contributed by atoms with Gasteiger partial charge in [-0.05, 0) is 85.1 Å². The largest absolute Gasteiger partial charge is 0.489 e. The maximum atomic E-state index is 13.1. The number of carbonyl (C=O) groups is 3. The molecule has 1 N–H and O–H groups in total. The van der Waals surface area contributed by atoms with Crippen LogP contribution in [-0.4, -0.2) is 28.5 Å². The van der Waals surface area contributed by atoms with Gasteiger partial charge in [0, 0.05) is 5.69 Å². The van der Waals surface area contributed by atoms with Crippen LogP contribution < -0.4 is 10.1 Å². The molecule has 0 radical (unpaired) electrons. The second-order valence-electron chi connectivity index (χ2n) is 8.58. The molecule has 1 aliphatic rings. The third kappa shape index (κ3) is 6.01. The molecule has 6 nitrogen and oxygen atoms in total. The van der Waals surface area contributed by atoms with Gasteiger partial charge in [-0.15, -0.1) is 0 Å². The first-order valence-corrected chi connectivity index (χ1v) is 12.1. The second kappa shape index (κ2) is 10.8. The Balaban J connectivity index is 1.41. The minimum absolute atomic E-state index is 0.228. The number of anilines is 1. The summed E-state index contributed by atoms with van der Waals surface area (Å²) in [5, 5.41) is 2.33. The minimum atomic E-state index is -0.518. The zero-order valence-corrected chi connectivity index (χ0v) is 20.9. The van der Waals surface area contributed by atoms with Crippen molar-refractivity contribution in [1.29, 1.82) is 0 Å². The van der Waals surface area contributed by atoms with E-state index < -0.39 is 17.1 Å². The molecular formula is C28H25FN2O4S. The molecular weight excluding hydrogens is 479 g/mol. The zero-order valence-electron chi connectivity index (χ0n) is 20.1. The summed E-state index contributed by atoms with van der Waals surface area (Å²) < 4.78 is 18.8. The molecule has 1 heterocycles. The van der Waals surface area contributed by atoms with Gasteiger partial charge in [0.2, 0.25) is 5.91 Å². The van der Waals surface area contributed by atoms with Crippen LogP contribution in [0.15, 0.2) is 65.6 Å². The van der Waals surface area contributed by atoms with Gasteiger partial charge in [0.1, 0.15) is 24.7 Å². The maximum Gasteiger partial charge on any atom is 0.294 e. The van der Waals surface area contributed by atoms with Crippen LogP contribution in [0.5, 0.6) is 5.75 Å². The minimum Gasteiger partial charge on any atom is -0.489 e. The molecule has 1 fully saturated rings. The zero-order chi connectivity index (χ0) is 25.8. The molecule has 0 spiro atoms. The summed E-state index contributed by atoms with van der Waals surface area (Å²) in [4.78, 5) is 39.2. The summed E-state index contributed by atoms with van der Waals surface area (Å²) >= 11 is 0.793. The molecule has 184 valence electrons. The van der Waals surface area contributed by atoms with E-state index in [2.05, 4.69) is 5.32 Å². The van der Waals surface area contributed by atoms with Crippen LogP contribution in [0.3, 0.4) is 0 Å². The van der Waals surface area contributed by atoms with Gasteiger partial charge >= 0.3 is 0 Å². The fraction of sp³-hybridized carbons (Fsp3) is 0.179. The Morgan fingerprint density at radius 3 is 2.42 bits per heavy atom. The number of amides is 3. The molecule has 1 saturated heterocycles. The van der Waals surface area contributed by atoms with E-state index in [-0.39, 0.29) is 23.9 Å². The molecule has 1 aliphatic heterocycles. The number of ether oxygens (including phenoxy) is 1. The van der Waals surface area contributed by atoms with Crippen molar-refractivity contribution in [3.8, 4) is 5.75 Å². The Labute approximate surface area is 213 Å². The lowest BCUT2D eigenvalue weighted by atomic mass is 10.1. The van der Waals surface area contributed by atoms with E-state index >= 15 is 0 Å². The topological polar surface area (TPSA) is 75.7 Å². The van der Waals surface area contributed by atoms with Gasteiger partial charge in [0.15, 0.2) is 0 Å². The van der Waals surface area contributed by atoms with Gasteiger partial charge in [0.05, 0.1) is 4.91 Å². The summed E-state index contributed by atoms with van der Waals surface area (Å²) in [6, 6.07) is 17.0. The average molecular weight is 505 g/mol. The van der Waals surface area contributed by atoms with Crippen molar-refractivity contribution in [2.24, 2.45) is 0 Å². The highest BCUT2D eigenvalue weighted by atomic mass is 32.2. The van der Waals surface area contributed by atoms with Gasteiger partial charge in [0.25, 0.3) is 11.1 Å². The molecule has 0 aromatic heterocycles. The molecule has 0 aliphatic carbocycles. The molecule has 0 atom stereocenters. The molecule has 4 rings (SSSR count). The Morgan fingerprint density at radius 2 is 1.72 bits per heavy atom. The number of hydrogen-bond donors (Lipinski definition) is 1. The Hall–Kier alpha value is -3.91. The lowest BCUT2D eigenvalue weighted by Crippen LogP contribution is -2.36. The van der Waals surface area contributed by atoms with E-state index in [9.17, 15) is 18.8 Å². The number of nitrogens with one attached hydrogen (secondary N) is 1. The average Bonchev–Trinajstić information content (AvgIpc) is 3.08. The van der Waals surface area contributed by atoms with E-state index in [4.69, 9.17) is 4.74 Å². The van der Waals surface area contributed by atoms with Crippen LogP contribution in [-0.2, 0) is 16.2 Å². The third-order valence-corrected chi connectivity index (χ3v) is 6.50. The van der Waals surface area contributed by atoms with Crippen molar-refractivity contribution in [2.75, 3.05) is 11.9 Å². The van der Waals surface area contributed by atoms with Gasteiger partial charge in [-0.3, -0.25) is 19.3 Å². The number of nitrogens with zero attached hydrogens (tertiary/aromatic N) is 1. The van der Waals surface area contributed by atoms with Crippen molar-refractivity contribution in [1.82, 2.24) is 4.90 Å². The molecule has 0 bridgehead atoms. The van der Waals surface area contributed by atoms with Crippen LogP contribution in [0.2, 0.25) is 0 Å². The lowest BCUT2D eigenvalue weighted by molar-refractivity contribution is -0.127. The van der Waals surface area contributed by atoms with Crippen molar-refractivity contribution in [3.63, 3.8) is 0 Å². The molecule has 8 heteroatoms. The van der Waals surface area contributed by atoms with Crippen LogP contribution in [0.25, 0.3) is 6.08 Å². The van der Waals surface area contributed by atoms with E-state index in [0.717, 1.165) is 38.9 Å². The van der Waals surface area contributed by atoms with E-state index in [0.29, 0.717) is 17.0 Å². The highest BCUT2D eigenvalue weighted by Crippen LogP contribution is 2.33. The third-order valence-electron chi connectivity index (χ3n) is 5.59. The Bertz CT molecular complexity index is 1350. The first-order valence-electron chi connectivity index (χ1n) is 11.3. The summed E-state index contributed by atoms with van der Waals surface area (Å²) in [6.07, 6.45) is 1.60. The summed E-state index contributed by atoms with van der Waals surface area (Å²) in [5.41, 5.74) is 5.09. The molecule has 3 aromatic rings. The van der Waals surface area contributed by atoms with Crippen LogP contribution in [0, 0.1) is 26.6 Å². The van der Waals surface area contributed by atoms with E-state index in [1.165, 1.54) is 12.1 Å². The highest BCUT2D eigenvalue weighted by Gasteiger charge is 2.36. The van der Waals surface area contributed by atoms with E-state index in [1.807, 2.05) is 32.9 Å². The molecule has 3 amide bonds.